The van der Waals surface area contributed by atoms with E-state index in [1.165, 1.54) is 7.11 Å². The number of nitrogens with zero attached hydrogens (tertiary/aromatic N) is 1. The highest BCUT2D eigenvalue weighted by Crippen LogP contribution is 2.29. The van der Waals surface area contributed by atoms with Gasteiger partial charge in [-0.3, -0.25) is 9.59 Å². The SMILES string of the molecule is COc1ccc(NC(=O)c2ccc(C(=O)NCCN(C)C)cc2)cc1OC. The van der Waals surface area contributed by atoms with Gasteiger partial charge in [-0.25, -0.2) is 0 Å². The van der Waals surface area contributed by atoms with Gasteiger partial charge in [0.05, 0.1) is 14.2 Å². The van der Waals surface area contributed by atoms with Gasteiger partial charge in [0.15, 0.2) is 11.5 Å². The Morgan fingerprint density at radius 1 is 0.889 bits per heavy atom. The molecule has 0 aliphatic rings. The summed E-state index contributed by atoms with van der Waals surface area (Å²) in [5.41, 5.74) is 1.55. The van der Waals surface area contributed by atoms with Gasteiger partial charge in [0.1, 0.15) is 0 Å². The molecule has 0 unspecified atom stereocenters. The molecular formula is C20H25N3O4. The number of anilines is 1. The first-order chi connectivity index (χ1) is 12.9. The number of likely N-dealkylation sites (N-methyl/N-ethyl adjacent to an activating group) is 1. The molecule has 144 valence electrons. The van der Waals surface area contributed by atoms with Gasteiger partial charge < -0.3 is 25.0 Å². The molecule has 0 radical (unpaired) electrons. The van der Waals surface area contributed by atoms with E-state index >= 15 is 0 Å². The Morgan fingerprint density at radius 3 is 2.04 bits per heavy atom. The number of carbonyl (C=O) groups excluding carboxylic acids is 2. The molecule has 2 N–H and O–H groups in total. The Labute approximate surface area is 159 Å². The number of benzene rings is 2. The molecule has 2 amide bonds. The number of hydrogen-bond donors (Lipinski definition) is 2. The third-order valence-electron chi connectivity index (χ3n) is 3.90. The van der Waals surface area contributed by atoms with E-state index in [4.69, 9.17) is 9.47 Å². The standard InChI is InChI=1S/C20H25N3O4/c1-23(2)12-11-21-19(24)14-5-7-15(8-6-14)20(25)22-16-9-10-17(26-3)18(13-16)27-4/h5-10,13H,11-12H2,1-4H3,(H,21,24)(H,22,25). The quantitative estimate of drug-likeness (QED) is 0.744. The summed E-state index contributed by atoms with van der Waals surface area (Å²) in [5, 5.41) is 5.63. The van der Waals surface area contributed by atoms with Gasteiger partial charge in [-0.1, -0.05) is 0 Å². The molecule has 2 rings (SSSR count). The summed E-state index contributed by atoms with van der Waals surface area (Å²) in [7, 11) is 6.97. The van der Waals surface area contributed by atoms with Crippen LogP contribution < -0.4 is 20.1 Å². The van der Waals surface area contributed by atoms with Crippen LogP contribution in [-0.2, 0) is 0 Å². The van der Waals surface area contributed by atoms with Crippen LogP contribution in [-0.4, -0.2) is 58.1 Å². The zero-order valence-electron chi connectivity index (χ0n) is 16.0. The number of rotatable bonds is 8. The van der Waals surface area contributed by atoms with Crippen molar-refractivity contribution >= 4 is 17.5 Å². The number of carbonyl (C=O) groups is 2. The average molecular weight is 371 g/mol. The topological polar surface area (TPSA) is 79.9 Å². The molecule has 0 aromatic heterocycles. The molecule has 2 aromatic carbocycles. The molecule has 0 aliphatic carbocycles. The third kappa shape index (κ3) is 5.72. The van der Waals surface area contributed by atoms with E-state index in [0.717, 1.165) is 6.54 Å². The van der Waals surface area contributed by atoms with Crippen LogP contribution in [0.4, 0.5) is 5.69 Å². The fraction of sp³-hybridized carbons (Fsp3) is 0.300. The van der Waals surface area contributed by atoms with Crippen LogP contribution in [0, 0.1) is 0 Å². The van der Waals surface area contributed by atoms with Crippen LogP contribution in [0.1, 0.15) is 20.7 Å². The van der Waals surface area contributed by atoms with Crippen molar-refractivity contribution in [1.82, 2.24) is 10.2 Å². The number of ether oxygens (including phenoxy) is 2. The summed E-state index contributed by atoms with van der Waals surface area (Å²) < 4.78 is 10.4. The van der Waals surface area contributed by atoms with Crippen molar-refractivity contribution in [3.8, 4) is 11.5 Å². The van der Waals surface area contributed by atoms with Gasteiger partial charge in [-0.15, -0.1) is 0 Å². The van der Waals surface area contributed by atoms with Crippen LogP contribution in [0.5, 0.6) is 11.5 Å². The van der Waals surface area contributed by atoms with Crippen LogP contribution in [0.15, 0.2) is 42.5 Å². The van der Waals surface area contributed by atoms with E-state index in [9.17, 15) is 9.59 Å². The molecule has 0 bridgehead atoms. The van der Waals surface area contributed by atoms with Crippen molar-refractivity contribution in [3.63, 3.8) is 0 Å². The molecule has 27 heavy (non-hydrogen) atoms. The molecular weight excluding hydrogens is 346 g/mol. The Bertz CT molecular complexity index is 788. The van der Waals surface area contributed by atoms with Gasteiger partial charge in [0.25, 0.3) is 11.8 Å². The van der Waals surface area contributed by atoms with Gasteiger partial charge in [0, 0.05) is 36.0 Å². The fourth-order valence-corrected chi connectivity index (χ4v) is 2.39. The number of hydrogen-bond acceptors (Lipinski definition) is 5. The molecule has 7 heteroatoms. The zero-order chi connectivity index (χ0) is 19.8. The van der Waals surface area contributed by atoms with E-state index in [2.05, 4.69) is 10.6 Å². The van der Waals surface area contributed by atoms with Crippen molar-refractivity contribution in [3.05, 3.63) is 53.6 Å². The first-order valence-corrected chi connectivity index (χ1v) is 8.51. The summed E-state index contributed by atoms with van der Waals surface area (Å²) in [5.74, 6) is 0.672. The lowest BCUT2D eigenvalue weighted by Crippen LogP contribution is -2.31. The lowest BCUT2D eigenvalue weighted by atomic mass is 10.1. The minimum atomic E-state index is -0.276. The lowest BCUT2D eigenvalue weighted by Gasteiger charge is -2.11. The van der Waals surface area contributed by atoms with Crippen molar-refractivity contribution in [2.75, 3.05) is 46.7 Å². The Kier molecular flexibility index (Phi) is 7.19. The molecule has 0 heterocycles. The average Bonchev–Trinajstić information content (AvgIpc) is 2.67. The zero-order valence-corrected chi connectivity index (χ0v) is 16.0. The maximum Gasteiger partial charge on any atom is 0.255 e. The van der Waals surface area contributed by atoms with E-state index in [1.54, 1.807) is 49.6 Å². The monoisotopic (exact) mass is 371 g/mol. The van der Waals surface area contributed by atoms with Crippen molar-refractivity contribution in [2.24, 2.45) is 0 Å². The number of methoxy groups -OCH3 is 2. The van der Waals surface area contributed by atoms with Crippen molar-refractivity contribution < 1.29 is 19.1 Å². The minimum absolute atomic E-state index is 0.163. The molecule has 0 atom stereocenters. The second-order valence-corrected chi connectivity index (χ2v) is 6.16. The van der Waals surface area contributed by atoms with Gasteiger partial charge in [-0.05, 0) is 50.5 Å². The van der Waals surface area contributed by atoms with Gasteiger partial charge in [0.2, 0.25) is 0 Å². The van der Waals surface area contributed by atoms with Gasteiger partial charge >= 0.3 is 0 Å². The summed E-state index contributed by atoms with van der Waals surface area (Å²) in [4.78, 5) is 26.5. The number of amides is 2. The second kappa shape index (κ2) is 9.59. The van der Waals surface area contributed by atoms with Gasteiger partial charge in [-0.2, -0.15) is 0 Å². The van der Waals surface area contributed by atoms with E-state index < -0.39 is 0 Å². The molecule has 0 aliphatic heterocycles. The van der Waals surface area contributed by atoms with E-state index in [1.807, 2.05) is 19.0 Å². The molecule has 0 saturated carbocycles. The molecule has 2 aromatic rings. The highest BCUT2D eigenvalue weighted by atomic mass is 16.5. The number of nitrogens with one attached hydrogen (secondary N) is 2. The van der Waals surface area contributed by atoms with E-state index in [0.29, 0.717) is 34.9 Å². The molecule has 0 spiro atoms. The van der Waals surface area contributed by atoms with Crippen molar-refractivity contribution in [2.45, 2.75) is 0 Å². The normalized spacial score (nSPS) is 10.4. The Balaban J connectivity index is 2.00. The largest absolute Gasteiger partial charge is 0.493 e. The highest BCUT2D eigenvalue weighted by Gasteiger charge is 2.11. The minimum Gasteiger partial charge on any atom is -0.493 e. The Morgan fingerprint density at radius 2 is 1.48 bits per heavy atom. The maximum absolute atomic E-state index is 12.4. The van der Waals surface area contributed by atoms with Crippen LogP contribution >= 0.6 is 0 Å². The maximum atomic E-state index is 12.4. The summed E-state index contributed by atoms with van der Waals surface area (Å²) >= 11 is 0. The van der Waals surface area contributed by atoms with Crippen molar-refractivity contribution in [1.29, 1.82) is 0 Å². The first-order valence-electron chi connectivity index (χ1n) is 8.51. The second-order valence-electron chi connectivity index (χ2n) is 6.16. The van der Waals surface area contributed by atoms with Crippen LogP contribution in [0.2, 0.25) is 0 Å². The Hall–Kier alpha value is -3.06. The van der Waals surface area contributed by atoms with Crippen LogP contribution in [0.3, 0.4) is 0 Å². The molecule has 0 saturated heterocycles. The highest BCUT2D eigenvalue weighted by molar-refractivity contribution is 6.05. The summed E-state index contributed by atoms with van der Waals surface area (Å²) in [6, 6.07) is 11.6. The smallest absolute Gasteiger partial charge is 0.255 e. The summed E-state index contributed by atoms with van der Waals surface area (Å²) in [6.45, 7) is 1.32. The predicted octanol–water partition coefficient (Wildman–Crippen LogP) is 2.25. The molecule has 7 nitrogen and oxygen atoms in total. The van der Waals surface area contributed by atoms with Crippen LogP contribution in [0.25, 0.3) is 0 Å². The first kappa shape index (κ1) is 20.3. The lowest BCUT2D eigenvalue weighted by molar-refractivity contribution is 0.0949. The van der Waals surface area contributed by atoms with E-state index in [-0.39, 0.29) is 11.8 Å². The fourth-order valence-electron chi connectivity index (χ4n) is 2.39. The summed E-state index contributed by atoms with van der Waals surface area (Å²) in [6.07, 6.45) is 0. The third-order valence-corrected chi connectivity index (χ3v) is 3.90. The molecule has 0 fully saturated rings. The predicted molar refractivity (Wildman–Crippen MR) is 105 cm³/mol.